The molecule has 0 radical (unpaired) electrons. The van der Waals surface area contributed by atoms with Crippen LogP contribution < -0.4 is 10.6 Å². The normalized spacial score (nSPS) is 18.6. The zero-order valence-corrected chi connectivity index (χ0v) is 10.1. The number of benzene rings is 1. The first-order valence-corrected chi connectivity index (χ1v) is 6.07. The highest BCUT2D eigenvalue weighted by atomic mass is 32.2. The highest BCUT2D eigenvalue weighted by Crippen LogP contribution is 2.22. The van der Waals surface area contributed by atoms with Crippen molar-refractivity contribution >= 4 is 34.4 Å². The van der Waals surface area contributed by atoms with Gasteiger partial charge in [0.25, 0.3) is 0 Å². The van der Waals surface area contributed by atoms with E-state index < -0.39 is 5.25 Å². The SMILES string of the molecule is N=C1NC(=O)C(CC(=O)Nc2ccc(O)cc2)S1. The van der Waals surface area contributed by atoms with Crippen LogP contribution in [-0.4, -0.2) is 27.3 Å². The minimum atomic E-state index is -0.547. The van der Waals surface area contributed by atoms with Crippen molar-refractivity contribution in [2.24, 2.45) is 0 Å². The number of amidine groups is 1. The number of rotatable bonds is 3. The van der Waals surface area contributed by atoms with Gasteiger partial charge in [-0.1, -0.05) is 11.8 Å². The van der Waals surface area contributed by atoms with Gasteiger partial charge in [-0.05, 0) is 24.3 Å². The largest absolute Gasteiger partial charge is 0.508 e. The summed E-state index contributed by atoms with van der Waals surface area (Å²) in [6, 6.07) is 6.05. The first kappa shape index (κ1) is 12.4. The highest BCUT2D eigenvalue weighted by Gasteiger charge is 2.31. The van der Waals surface area contributed by atoms with Crippen LogP contribution in [0.2, 0.25) is 0 Å². The lowest BCUT2D eigenvalue weighted by atomic mass is 10.2. The van der Waals surface area contributed by atoms with Crippen molar-refractivity contribution in [3.63, 3.8) is 0 Å². The molecule has 0 spiro atoms. The molecule has 1 aliphatic heterocycles. The molecule has 1 unspecified atom stereocenters. The molecular weight excluding hydrogens is 254 g/mol. The van der Waals surface area contributed by atoms with Crippen molar-refractivity contribution in [1.29, 1.82) is 5.41 Å². The molecule has 0 saturated carbocycles. The third-order valence-electron chi connectivity index (χ3n) is 2.31. The van der Waals surface area contributed by atoms with Crippen LogP contribution >= 0.6 is 11.8 Å². The molecule has 1 aromatic carbocycles. The van der Waals surface area contributed by atoms with E-state index in [0.717, 1.165) is 11.8 Å². The number of hydrogen-bond donors (Lipinski definition) is 4. The maximum absolute atomic E-state index is 11.7. The quantitative estimate of drug-likeness (QED) is 0.609. The van der Waals surface area contributed by atoms with Crippen molar-refractivity contribution in [2.45, 2.75) is 11.7 Å². The smallest absolute Gasteiger partial charge is 0.240 e. The Kier molecular flexibility index (Phi) is 3.52. The maximum atomic E-state index is 11.7. The topological polar surface area (TPSA) is 102 Å². The molecule has 6 nitrogen and oxygen atoms in total. The molecule has 94 valence electrons. The van der Waals surface area contributed by atoms with Gasteiger partial charge in [-0.25, -0.2) is 0 Å². The van der Waals surface area contributed by atoms with Crippen LogP contribution in [0.5, 0.6) is 5.75 Å². The summed E-state index contributed by atoms with van der Waals surface area (Å²) >= 11 is 1.04. The van der Waals surface area contributed by atoms with Crippen LogP contribution in [0.3, 0.4) is 0 Å². The predicted molar refractivity (Wildman–Crippen MR) is 68.6 cm³/mol. The summed E-state index contributed by atoms with van der Waals surface area (Å²) in [5.74, 6) is -0.499. The number of anilines is 1. The van der Waals surface area contributed by atoms with Gasteiger partial charge < -0.3 is 15.7 Å². The summed E-state index contributed by atoms with van der Waals surface area (Å²) in [5, 5.41) is 20.8. The lowest BCUT2D eigenvalue weighted by molar-refractivity contribution is -0.122. The Morgan fingerprint density at radius 3 is 2.67 bits per heavy atom. The Morgan fingerprint density at radius 2 is 2.11 bits per heavy atom. The summed E-state index contributed by atoms with van der Waals surface area (Å²) in [4.78, 5) is 23.0. The molecule has 0 aromatic heterocycles. The molecule has 0 bridgehead atoms. The summed E-state index contributed by atoms with van der Waals surface area (Å²) in [6.45, 7) is 0. The number of hydrogen-bond acceptors (Lipinski definition) is 5. The van der Waals surface area contributed by atoms with Crippen molar-refractivity contribution in [2.75, 3.05) is 5.32 Å². The molecule has 2 rings (SSSR count). The second kappa shape index (κ2) is 5.09. The number of phenolic OH excluding ortho intramolecular Hbond substituents is 1. The van der Waals surface area contributed by atoms with E-state index in [1.807, 2.05) is 0 Å². The van der Waals surface area contributed by atoms with Crippen LogP contribution in [0.25, 0.3) is 0 Å². The maximum Gasteiger partial charge on any atom is 0.240 e. The number of amides is 2. The van der Waals surface area contributed by atoms with Gasteiger partial charge in [0, 0.05) is 12.1 Å². The summed E-state index contributed by atoms with van der Waals surface area (Å²) in [5.41, 5.74) is 0.552. The Morgan fingerprint density at radius 1 is 1.44 bits per heavy atom. The molecule has 1 atom stereocenters. The minimum absolute atomic E-state index is 0.0136. The van der Waals surface area contributed by atoms with Crippen LogP contribution in [0, 0.1) is 5.41 Å². The highest BCUT2D eigenvalue weighted by molar-refractivity contribution is 8.15. The summed E-state index contributed by atoms with van der Waals surface area (Å²) < 4.78 is 0. The van der Waals surface area contributed by atoms with E-state index in [1.54, 1.807) is 12.1 Å². The second-order valence-electron chi connectivity index (χ2n) is 3.72. The van der Waals surface area contributed by atoms with E-state index in [1.165, 1.54) is 12.1 Å². The summed E-state index contributed by atoms with van der Waals surface area (Å²) in [7, 11) is 0. The van der Waals surface area contributed by atoms with Gasteiger partial charge in [0.15, 0.2) is 5.17 Å². The fourth-order valence-corrected chi connectivity index (χ4v) is 2.32. The number of carbonyl (C=O) groups excluding carboxylic acids is 2. The molecule has 7 heteroatoms. The number of carbonyl (C=O) groups is 2. The standard InChI is InChI=1S/C11H11N3O3S/c12-11-14-10(17)8(18-11)5-9(16)13-6-1-3-7(15)4-2-6/h1-4,8,15H,5H2,(H,13,16)(H2,12,14,17). The zero-order chi connectivity index (χ0) is 13.1. The molecule has 0 aliphatic carbocycles. The molecule has 1 aliphatic rings. The van der Waals surface area contributed by atoms with Crippen molar-refractivity contribution in [3.8, 4) is 5.75 Å². The fourth-order valence-electron chi connectivity index (χ4n) is 1.48. The number of phenols is 1. The molecular formula is C11H11N3O3S. The van der Waals surface area contributed by atoms with Gasteiger partial charge in [0.2, 0.25) is 11.8 Å². The molecule has 2 amide bonds. The third-order valence-corrected chi connectivity index (χ3v) is 3.31. The van der Waals surface area contributed by atoms with E-state index in [2.05, 4.69) is 10.6 Å². The van der Waals surface area contributed by atoms with Crippen LogP contribution in [-0.2, 0) is 9.59 Å². The van der Waals surface area contributed by atoms with Gasteiger partial charge in [-0.15, -0.1) is 0 Å². The van der Waals surface area contributed by atoms with Gasteiger partial charge in [-0.3, -0.25) is 15.0 Å². The fraction of sp³-hybridized carbons (Fsp3) is 0.182. The Hall–Kier alpha value is -2.02. The Bertz CT molecular complexity index is 501. The molecule has 1 fully saturated rings. The number of aromatic hydroxyl groups is 1. The Labute approximate surface area is 107 Å². The molecule has 1 saturated heterocycles. The van der Waals surface area contributed by atoms with Gasteiger partial charge in [-0.2, -0.15) is 0 Å². The van der Waals surface area contributed by atoms with Crippen LogP contribution in [0.4, 0.5) is 5.69 Å². The lowest BCUT2D eigenvalue weighted by Crippen LogP contribution is -2.27. The van der Waals surface area contributed by atoms with Crippen LogP contribution in [0.1, 0.15) is 6.42 Å². The second-order valence-corrected chi connectivity index (χ2v) is 4.94. The van der Waals surface area contributed by atoms with Gasteiger partial charge in [0.05, 0.1) is 0 Å². The average Bonchev–Trinajstić information content (AvgIpc) is 2.61. The first-order chi connectivity index (χ1) is 8.54. The van der Waals surface area contributed by atoms with Crippen molar-refractivity contribution < 1.29 is 14.7 Å². The molecule has 18 heavy (non-hydrogen) atoms. The molecule has 4 N–H and O–H groups in total. The van der Waals surface area contributed by atoms with Gasteiger partial charge >= 0.3 is 0 Å². The van der Waals surface area contributed by atoms with E-state index in [-0.39, 0.29) is 29.2 Å². The molecule has 1 aromatic rings. The molecule has 1 heterocycles. The van der Waals surface area contributed by atoms with E-state index in [4.69, 9.17) is 10.5 Å². The third kappa shape index (κ3) is 3.01. The van der Waals surface area contributed by atoms with Crippen molar-refractivity contribution in [1.82, 2.24) is 5.32 Å². The Balaban J connectivity index is 1.91. The number of nitrogens with one attached hydrogen (secondary N) is 3. The van der Waals surface area contributed by atoms with E-state index in [9.17, 15) is 9.59 Å². The van der Waals surface area contributed by atoms with E-state index >= 15 is 0 Å². The first-order valence-electron chi connectivity index (χ1n) is 5.19. The van der Waals surface area contributed by atoms with Crippen molar-refractivity contribution in [3.05, 3.63) is 24.3 Å². The number of thioether (sulfide) groups is 1. The predicted octanol–water partition coefficient (Wildman–Crippen LogP) is 0.887. The average molecular weight is 265 g/mol. The summed E-state index contributed by atoms with van der Waals surface area (Å²) in [6.07, 6.45) is 0.0136. The lowest BCUT2D eigenvalue weighted by Gasteiger charge is -2.07. The minimum Gasteiger partial charge on any atom is -0.508 e. The zero-order valence-electron chi connectivity index (χ0n) is 9.27. The van der Waals surface area contributed by atoms with E-state index in [0.29, 0.717) is 5.69 Å². The van der Waals surface area contributed by atoms with Crippen LogP contribution in [0.15, 0.2) is 24.3 Å². The van der Waals surface area contributed by atoms with Gasteiger partial charge in [0.1, 0.15) is 11.0 Å². The monoisotopic (exact) mass is 265 g/mol.